The first-order valence-electron chi connectivity index (χ1n) is 8.63. The van der Waals surface area contributed by atoms with E-state index >= 15 is 0 Å². The molecule has 1 aliphatic heterocycles. The van der Waals surface area contributed by atoms with E-state index in [1.807, 2.05) is 0 Å². The summed E-state index contributed by atoms with van der Waals surface area (Å²) in [6, 6.07) is -1.89. The number of hydrogen-bond acceptors (Lipinski definition) is 10. The van der Waals surface area contributed by atoms with Crippen LogP contribution in [0.2, 0.25) is 0 Å². The predicted molar refractivity (Wildman–Crippen MR) is 107 cm³/mol. The minimum absolute atomic E-state index is 0.472. The number of nitrogens with one attached hydrogen (secondary N) is 1. The van der Waals surface area contributed by atoms with E-state index < -0.39 is 70.0 Å². The molecule has 1 amide bonds. The maximum atomic E-state index is 11.7. The Hall–Kier alpha value is -2.42. The number of amides is 1. The largest absolute Gasteiger partial charge is 0.480 e. The zero-order chi connectivity index (χ0) is 23.2. The van der Waals surface area contributed by atoms with Gasteiger partial charge < -0.3 is 35.1 Å². The molecular formula is C17H23IN2O10. The van der Waals surface area contributed by atoms with E-state index in [1.54, 1.807) is 22.6 Å². The molecule has 168 valence electrons. The molecule has 0 aliphatic carbocycles. The molecule has 0 aromatic rings. The van der Waals surface area contributed by atoms with E-state index in [9.17, 15) is 29.1 Å². The minimum Gasteiger partial charge on any atom is -0.480 e. The van der Waals surface area contributed by atoms with Gasteiger partial charge in [0, 0.05) is 27.7 Å². The zero-order valence-electron chi connectivity index (χ0n) is 16.6. The summed E-state index contributed by atoms with van der Waals surface area (Å²) in [6.07, 6.45) is -3.09. The number of nitrogens with two attached hydrogens (primary N) is 1. The standard InChI is InChI=1S/C17H23IN2O10/c1-6(21)20-13-10(19)5-11(16(25)26)30-14(13)12(18)15(27-7(2)22)17(28-8(3)23)29-9(4)24/h5,10,12-15,17H,19H2,1-4H3,(H,20,21)(H,25,26). The van der Waals surface area contributed by atoms with Gasteiger partial charge in [0.2, 0.25) is 11.7 Å². The van der Waals surface area contributed by atoms with Crippen molar-refractivity contribution in [2.24, 2.45) is 5.73 Å². The summed E-state index contributed by atoms with van der Waals surface area (Å²) in [7, 11) is 0. The highest BCUT2D eigenvalue weighted by atomic mass is 127. The van der Waals surface area contributed by atoms with E-state index in [0.29, 0.717) is 0 Å². The lowest BCUT2D eigenvalue weighted by Crippen LogP contribution is -2.62. The first-order valence-corrected chi connectivity index (χ1v) is 9.88. The SMILES string of the molecule is CC(=O)NC1C(N)C=C(C(=O)O)OC1C(I)C(OC(C)=O)C(OC(C)=O)OC(C)=O. The van der Waals surface area contributed by atoms with Crippen LogP contribution in [0.3, 0.4) is 0 Å². The molecule has 0 fully saturated rings. The van der Waals surface area contributed by atoms with Gasteiger partial charge >= 0.3 is 23.9 Å². The van der Waals surface area contributed by atoms with E-state index in [2.05, 4.69) is 5.32 Å². The van der Waals surface area contributed by atoms with Crippen molar-refractivity contribution in [3.63, 3.8) is 0 Å². The number of halogens is 1. The van der Waals surface area contributed by atoms with Crippen molar-refractivity contribution in [3.05, 3.63) is 11.8 Å². The Labute approximate surface area is 185 Å². The molecule has 5 atom stereocenters. The molecule has 0 radical (unpaired) electrons. The first-order chi connectivity index (χ1) is 13.8. The van der Waals surface area contributed by atoms with E-state index in [4.69, 9.17) is 24.7 Å². The topological polar surface area (TPSA) is 181 Å². The Morgan fingerprint density at radius 1 is 1.07 bits per heavy atom. The van der Waals surface area contributed by atoms with Gasteiger partial charge in [0.15, 0.2) is 6.10 Å². The Morgan fingerprint density at radius 2 is 1.57 bits per heavy atom. The van der Waals surface area contributed by atoms with Gasteiger partial charge in [-0.2, -0.15) is 0 Å². The summed E-state index contributed by atoms with van der Waals surface area (Å²) in [5.41, 5.74) is 6.01. The first kappa shape index (κ1) is 25.6. The van der Waals surface area contributed by atoms with Crippen LogP contribution in [0.25, 0.3) is 0 Å². The lowest BCUT2D eigenvalue weighted by Gasteiger charge is -2.40. The average Bonchev–Trinajstić information content (AvgIpc) is 2.58. The average molecular weight is 542 g/mol. The van der Waals surface area contributed by atoms with E-state index in [-0.39, 0.29) is 0 Å². The van der Waals surface area contributed by atoms with Crippen molar-refractivity contribution in [1.82, 2.24) is 5.32 Å². The summed E-state index contributed by atoms with van der Waals surface area (Å²) < 4.78 is 19.7. The Balaban J connectivity index is 3.38. The van der Waals surface area contributed by atoms with Gasteiger partial charge in [-0.25, -0.2) is 4.79 Å². The molecule has 13 heteroatoms. The van der Waals surface area contributed by atoms with Crippen LogP contribution in [-0.4, -0.2) is 69.4 Å². The van der Waals surface area contributed by atoms with Gasteiger partial charge in [0.05, 0.1) is 16.0 Å². The number of alkyl halides is 1. The number of carbonyl (C=O) groups is 5. The number of esters is 3. The van der Waals surface area contributed by atoms with Gasteiger partial charge in [-0.3, -0.25) is 19.2 Å². The zero-order valence-corrected chi connectivity index (χ0v) is 18.8. The molecule has 12 nitrogen and oxygen atoms in total. The maximum Gasteiger partial charge on any atom is 0.370 e. The van der Waals surface area contributed by atoms with Gasteiger partial charge in [-0.15, -0.1) is 0 Å². The van der Waals surface area contributed by atoms with Crippen molar-refractivity contribution >= 4 is 52.4 Å². The second kappa shape index (κ2) is 11.1. The summed E-state index contributed by atoms with van der Waals surface area (Å²) in [5, 5.41) is 11.9. The molecule has 1 rings (SSSR count). The Kier molecular flexibility index (Phi) is 9.48. The summed E-state index contributed by atoms with van der Waals surface area (Å²) in [4.78, 5) is 57.7. The number of aliphatic carboxylic acids is 1. The van der Waals surface area contributed by atoms with Crippen molar-refractivity contribution in [2.45, 2.75) is 62.2 Å². The van der Waals surface area contributed by atoms with Crippen LogP contribution >= 0.6 is 22.6 Å². The fourth-order valence-electron chi connectivity index (χ4n) is 2.69. The van der Waals surface area contributed by atoms with Crippen LogP contribution in [0.15, 0.2) is 11.8 Å². The lowest BCUT2D eigenvalue weighted by atomic mass is 9.94. The quantitative estimate of drug-likeness (QED) is 0.154. The molecule has 0 aromatic heterocycles. The molecule has 0 bridgehead atoms. The third-order valence-electron chi connectivity index (χ3n) is 3.72. The third-order valence-corrected chi connectivity index (χ3v) is 5.14. The number of hydrogen-bond donors (Lipinski definition) is 3. The number of rotatable bonds is 8. The fourth-order valence-corrected chi connectivity index (χ4v) is 3.77. The van der Waals surface area contributed by atoms with Crippen molar-refractivity contribution in [1.29, 1.82) is 0 Å². The highest BCUT2D eigenvalue weighted by Crippen LogP contribution is 2.30. The van der Waals surface area contributed by atoms with E-state index in [0.717, 1.165) is 26.8 Å². The lowest BCUT2D eigenvalue weighted by molar-refractivity contribution is -0.213. The van der Waals surface area contributed by atoms with Crippen LogP contribution in [-0.2, 0) is 42.9 Å². The summed E-state index contributed by atoms with van der Waals surface area (Å²) in [6.45, 7) is 4.42. The van der Waals surface area contributed by atoms with Crippen molar-refractivity contribution in [3.8, 4) is 0 Å². The molecule has 0 saturated carbocycles. The Bertz CT molecular complexity index is 722. The molecule has 0 saturated heterocycles. The molecule has 5 unspecified atom stereocenters. The van der Waals surface area contributed by atoms with E-state index in [1.165, 1.54) is 6.92 Å². The number of carboxylic acid groups (broad SMARTS) is 1. The smallest absolute Gasteiger partial charge is 0.370 e. The van der Waals surface area contributed by atoms with Crippen LogP contribution in [0.4, 0.5) is 0 Å². The highest BCUT2D eigenvalue weighted by molar-refractivity contribution is 14.1. The second-order valence-electron chi connectivity index (χ2n) is 6.33. The van der Waals surface area contributed by atoms with Crippen LogP contribution < -0.4 is 11.1 Å². The van der Waals surface area contributed by atoms with Gasteiger partial charge in [0.1, 0.15) is 6.10 Å². The fraction of sp³-hybridized carbons (Fsp3) is 0.588. The molecule has 1 heterocycles. The van der Waals surface area contributed by atoms with Gasteiger partial charge in [-0.1, -0.05) is 22.6 Å². The van der Waals surface area contributed by atoms with Crippen LogP contribution in [0.1, 0.15) is 27.7 Å². The maximum absolute atomic E-state index is 11.7. The number of carbonyl (C=O) groups excluding carboxylic acids is 4. The van der Waals surface area contributed by atoms with Crippen LogP contribution in [0, 0.1) is 0 Å². The number of carboxylic acids is 1. The predicted octanol–water partition coefficient (Wildman–Crippen LogP) is -0.627. The third kappa shape index (κ3) is 7.44. The number of ether oxygens (including phenoxy) is 4. The van der Waals surface area contributed by atoms with Crippen molar-refractivity contribution < 1.29 is 48.0 Å². The minimum atomic E-state index is -1.65. The molecule has 0 aromatic carbocycles. The Morgan fingerprint density at radius 3 is 1.97 bits per heavy atom. The van der Waals surface area contributed by atoms with Crippen molar-refractivity contribution in [2.75, 3.05) is 0 Å². The molecular weight excluding hydrogens is 519 g/mol. The highest BCUT2D eigenvalue weighted by Gasteiger charge is 2.47. The monoisotopic (exact) mass is 542 g/mol. The molecule has 0 spiro atoms. The molecule has 30 heavy (non-hydrogen) atoms. The normalized spacial score (nSPS) is 22.6. The molecule has 4 N–H and O–H groups in total. The second-order valence-corrected chi connectivity index (χ2v) is 7.77. The van der Waals surface area contributed by atoms with Gasteiger partial charge in [-0.05, 0) is 6.08 Å². The summed E-state index contributed by atoms with van der Waals surface area (Å²) in [5.74, 6) is -4.80. The summed E-state index contributed by atoms with van der Waals surface area (Å²) >= 11 is 1.76. The van der Waals surface area contributed by atoms with Gasteiger partial charge in [0.25, 0.3) is 6.29 Å². The van der Waals surface area contributed by atoms with Crippen LogP contribution in [0.5, 0.6) is 0 Å². The molecule has 1 aliphatic rings.